The van der Waals surface area contributed by atoms with Crippen molar-refractivity contribution < 1.29 is 58.9 Å². The van der Waals surface area contributed by atoms with Gasteiger partial charge in [0.05, 0.1) is 60.3 Å². The zero-order valence-corrected chi connectivity index (χ0v) is 22.2. The Kier molecular flexibility index (Phi) is 6.37. The highest BCUT2D eigenvalue weighted by Crippen LogP contribution is 2.60. The number of phenolic OH excluding ortho intramolecular Hbond substituents is 2. The molecule has 0 saturated carbocycles. The summed E-state index contributed by atoms with van der Waals surface area (Å²) >= 11 is 0. The first-order chi connectivity index (χ1) is 18.8. The average Bonchev–Trinajstić information content (AvgIpc) is 2.87. The molecule has 40 heavy (non-hydrogen) atoms. The lowest BCUT2D eigenvalue weighted by molar-refractivity contribution is -0.311. The van der Waals surface area contributed by atoms with Crippen LogP contribution < -0.4 is 0 Å². The molecule has 6 aliphatic rings. The highest BCUT2D eigenvalue weighted by molar-refractivity contribution is 6.29. The summed E-state index contributed by atoms with van der Waals surface area (Å²) in [5.41, 5.74) is -2.94. The van der Waals surface area contributed by atoms with E-state index in [-0.39, 0.29) is 41.5 Å². The van der Waals surface area contributed by atoms with Crippen LogP contribution in [-0.2, 0) is 29.3 Å². The Morgan fingerprint density at radius 1 is 1.02 bits per heavy atom. The minimum atomic E-state index is -2.01. The van der Waals surface area contributed by atoms with Gasteiger partial charge < -0.3 is 44.5 Å². The fraction of sp³-hybridized carbons (Fsp3) is 0.607. The van der Waals surface area contributed by atoms with Crippen LogP contribution in [0.15, 0.2) is 11.1 Å². The van der Waals surface area contributed by atoms with Crippen molar-refractivity contribution in [3.63, 3.8) is 0 Å². The molecule has 2 saturated heterocycles. The van der Waals surface area contributed by atoms with Gasteiger partial charge in [-0.1, -0.05) is 0 Å². The molecule has 12 nitrogen and oxygen atoms in total. The molecule has 4 aliphatic heterocycles. The number of aliphatic carboxylic acids is 1. The molecule has 1 aromatic rings. The molecule has 216 valence electrons. The highest BCUT2D eigenvalue weighted by Gasteiger charge is 2.61. The quantitative estimate of drug-likeness (QED) is 0.336. The van der Waals surface area contributed by atoms with E-state index in [2.05, 4.69) is 0 Å². The highest BCUT2D eigenvalue weighted by atomic mass is 16.7. The van der Waals surface area contributed by atoms with Crippen LogP contribution in [-0.4, -0.2) is 86.0 Å². The van der Waals surface area contributed by atoms with Crippen molar-refractivity contribution in [2.45, 2.75) is 107 Å². The minimum Gasteiger partial charge on any atom is -0.507 e. The lowest BCUT2D eigenvalue weighted by atomic mass is 9.66. The molecule has 1 aromatic carbocycles. The van der Waals surface area contributed by atoms with E-state index < -0.39 is 94.8 Å². The first-order valence-corrected chi connectivity index (χ1v) is 13.5. The van der Waals surface area contributed by atoms with Crippen molar-refractivity contribution in [1.82, 2.24) is 0 Å². The molecule has 12 heteroatoms. The fourth-order valence-corrected chi connectivity index (χ4v) is 7.00. The second-order valence-corrected chi connectivity index (χ2v) is 11.4. The molecule has 4 heterocycles. The van der Waals surface area contributed by atoms with E-state index in [1.807, 2.05) is 0 Å². The van der Waals surface area contributed by atoms with E-state index in [4.69, 9.17) is 18.9 Å². The van der Waals surface area contributed by atoms with Crippen LogP contribution in [0.25, 0.3) is 0 Å². The molecule has 9 atom stereocenters. The third kappa shape index (κ3) is 3.77. The lowest BCUT2D eigenvalue weighted by Gasteiger charge is -2.54. The summed E-state index contributed by atoms with van der Waals surface area (Å²) in [4.78, 5) is 38.8. The van der Waals surface area contributed by atoms with Gasteiger partial charge in [-0.2, -0.15) is 0 Å². The molecule has 0 aromatic heterocycles. The number of carboxylic acids is 1. The molecule has 0 amide bonds. The van der Waals surface area contributed by atoms with E-state index in [9.17, 15) is 39.9 Å². The summed E-state index contributed by atoms with van der Waals surface area (Å²) in [6.07, 6.45) is -6.05. The molecular weight excluding hydrogens is 528 g/mol. The maximum Gasteiger partial charge on any atom is 0.305 e. The van der Waals surface area contributed by atoms with Crippen molar-refractivity contribution in [2.75, 3.05) is 0 Å². The first kappa shape index (κ1) is 27.3. The summed E-state index contributed by atoms with van der Waals surface area (Å²) in [7, 11) is 0. The number of aromatic hydroxyl groups is 2. The van der Waals surface area contributed by atoms with E-state index in [1.165, 1.54) is 6.92 Å². The molecule has 0 radical (unpaired) electrons. The number of fused-ring (bicyclic) bond motifs is 3. The molecule has 5 N–H and O–H groups in total. The van der Waals surface area contributed by atoms with Gasteiger partial charge in [0, 0.05) is 41.5 Å². The van der Waals surface area contributed by atoms with Crippen molar-refractivity contribution in [3.8, 4) is 11.5 Å². The normalized spacial score (nSPS) is 38.6. The van der Waals surface area contributed by atoms with Gasteiger partial charge in [-0.25, -0.2) is 0 Å². The van der Waals surface area contributed by atoms with E-state index in [1.54, 1.807) is 13.8 Å². The van der Waals surface area contributed by atoms with E-state index in [0.29, 0.717) is 12.8 Å². The van der Waals surface area contributed by atoms with Crippen molar-refractivity contribution in [2.24, 2.45) is 0 Å². The summed E-state index contributed by atoms with van der Waals surface area (Å²) in [6.45, 7) is 4.82. The number of ether oxygens (including phenoxy) is 4. The van der Waals surface area contributed by atoms with E-state index in [0.717, 1.165) is 0 Å². The number of phenols is 2. The van der Waals surface area contributed by atoms with Crippen LogP contribution in [0.3, 0.4) is 0 Å². The van der Waals surface area contributed by atoms with Crippen LogP contribution in [0.1, 0.15) is 90.8 Å². The second kappa shape index (κ2) is 9.33. The SMILES string of the molecule is CC1OC2CC(O[C@H]3CC[C@H](O)[C@H](C)O3)C1(O)c1c(O)c3c(c(O)c12)C(=O)C1=C(C3=O)[C@@H](C)O[C@H](CC(=O)O)C1. The first-order valence-electron chi connectivity index (χ1n) is 13.5. The Balaban J connectivity index is 1.44. The monoisotopic (exact) mass is 560 g/mol. The predicted molar refractivity (Wildman–Crippen MR) is 133 cm³/mol. The summed E-state index contributed by atoms with van der Waals surface area (Å²) in [6, 6.07) is 0. The number of hydrogen-bond donors (Lipinski definition) is 5. The smallest absolute Gasteiger partial charge is 0.305 e. The average molecular weight is 561 g/mol. The molecule has 0 spiro atoms. The molecular formula is C28H32O12. The molecule has 2 aliphatic carbocycles. The van der Waals surface area contributed by atoms with Crippen LogP contribution in [0, 0.1) is 0 Å². The Bertz CT molecular complexity index is 1350. The van der Waals surface area contributed by atoms with Gasteiger partial charge in [-0.3, -0.25) is 14.4 Å². The number of rotatable bonds is 4. The van der Waals surface area contributed by atoms with Crippen LogP contribution in [0.2, 0.25) is 0 Å². The topological polar surface area (TPSA) is 189 Å². The zero-order valence-electron chi connectivity index (χ0n) is 22.2. The van der Waals surface area contributed by atoms with Crippen molar-refractivity contribution >= 4 is 17.5 Å². The number of carbonyl (C=O) groups excluding carboxylic acids is 2. The number of hydrogen-bond acceptors (Lipinski definition) is 11. The third-order valence-corrected chi connectivity index (χ3v) is 8.97. The molecule has 2 bridgehead atoms. The fourth-order valence-electron chi connectivity index (χ4n) is 7.00. The Morgan fingerprint density at radius 2 is 1.73 bits per heavy atom. The van der Waals surface area contributed by atoms with Gasteiger partial charge in [-0.05, 0) is 27.2 Å². The predicted octanol–water partition coefficient (Wildman–Crippen LogP) is 1.75. The minimum absolute atomic E-state index is 0.0115. The van der Waals surface area contributed by atoms with Gasteiger partial charge in [0.25, 0.3) is 0 Å². The van der Waals surface area contributed by atoms with Gasteiger partial charge in [0.15, 0.2) is 17.9 Å². The van der Waals surface area contributed by atoms with Crippen LogP contribution in [0.4, 0.5) is 0 Å². The largest absolute Gasteiger partial charge is 0.507 e. The Morgan fingerprint density at radius 3 is 2.40 bits per heavy atom. The van der Waals surface area contributed by atoms with Gasteiger partial charge in [0.2, 0.25) is 0 Å². The number of carbonyl (C=O) groups is 3. The number of benzene rings is 1. The van der Waals surface area contributed by atoms with Crippen molar-refractivity contribution in [3.05, 3.63) is 33.4 Å². The molecule has 2 fully saturated rings. The molecule has 7 rings (SSSR count). The number of Topliss-reactive ketones (excluding diaryl/α,β-unsaturated/α-hetero) is 2. The third-order valence-electron chi connectivity index (χ3n) is 8.97. The van der Waals surface area contributed by atoms with E-state index >= 15 is 0 Å². The number of ketones is 2. The lowest BCUT2D eigenvalue weighted by Crippen LogP contribution is -2.60. The summed E-state index contributed by atoms with van der Waals surface area (Å²) < 4.78 is 23.6. The standard InChI is InChI=1S/C28H32O12/c1-9-14(29)4-5-18(38-9)40-16-8-15-20-23(28(16,36)11(3)39-15)27(35)22-21(26(20)34)24(32)13-6-12(7-17(30)31)37-10(2)19(13)25(22)33/h9-12,14-16,18,29,34-36H,4-8H2,1-3H3,(H,30,31)/t9-,10+,11?,12-,14-,15?,16?,18-,28?/m0/s1. The second-order valence-electron chi connectivity index (χ2n) is 11.4. The number of aliphatic hydroxyl groups is 2. The number of aliphatic hydroxyl groups excluding tert-OH is 1. The van der Waals surface area contributed by atoms with Crippen molar-refractivity contribution in [1.29, 1.82) is 0 Å². The van der Waals surface area contributed by atoms with Gasteiger partial charge in [0.1, 0.15) is 17.1 Å². The summed E-state index contributed by atoms with van der Waals surface area (Å²) in [5.74, 6) is -3.78. The van der Waals surface area contributed by atoms with Gasteiger partial charge in [-0.15, -0.1) is 0 Å². The number of carboxylic acid groups (broad SMARTS) is 1. The summed E-state index contributed by atoms with van der Waals surface area (Å²) in [5, 5.41) is 54.3. The Labute approximate surface area is 229 Å². The van der Waals surface area contributed by atoms with Crippen LogP contribution in [0.5, 0.6) is 11.5 Å². The van der Waals surface area contributed by atoms with Crippen LogP contribution >= 0.6 is 0 Å². The molecule has 4 unspecified atom stereocenters. The van der Waals surface area contributed by atoms with Gasteiger partial charge >= 0.3 is 5.97 Å². The maximum absolute atomic E-state index is 13.8. The zero-order chi connectivity index (χ0) is 28.8. The Hall–Kier alpha value is -2.87. The maximum atomic E-state index is 13.8.